The van der Waals surface area contributed by atoms with Crippen LogP contribution in [0.3, 0.4) is 0 Å². The summed E-state index contributed by atoms with van der Waals surface area (Å²) in [6, 6.07) is 9.22. The first-order chi connectivity index (χ1) is 7.67. The van der Waals surface area contributed by atoms with E-state index < -0.39 is 0 Å². The molecule has 0 heterocycles. The molecule has 3 nitrogen and oxygen atoms in total. The van der Waals surface area contributed by atoms with E-state index in [4.69, 9.17) is 5.26 Å². The summed E-state index contributed by atoms with van der Waals surface area (Å²) in [6.45, 7) is 2.44. The minimum absolute atomic E-state index is 0.00754. The largest absolute Gasteiger partial charge is 0.351 e. The second-order valence-electron chi connectivity index (χ2n) is 3.40. The number of hydrogen-bond acceptors (Lipinski definition) is 2. The molecule has 0 spiro atoms. The van der Waals surface area contributed by atoms with Crippen molar-refractivity contribution in [1.82, 2.24) is 5.32 Å². The number of alkyl halides is 1. The van der Waals surface area contributed by atoms with Crippen LogP contribution >= 0.6 is 15.9 Å². The van der Waals surface area contributed by atoms with E-state index in [0.717, 1.165) is 12.0 Å². The van der Waals surface area contributed by atoms with Crippen molar-refractivity contribution < 1.29 is 4.79 Å². The molecule has 0 saturated heterocycles. The minimum Gasteiger partial charge on any atom is -0.351 e. The first kappa shape index (κ1) is 12.7. The van der Waals surface area contributed by atoms with Gasteiger partial charge in [0.15, 0.2) is 0 Å². The van der Waals surface area contributed by atoms with Crippen molar-refractivity contribution in [3.63, 3.8) is 0 Å². The third-order valence-electron chi connectivity index (χ3n) is 2.19. The second-order valence-corrected chi connectivity index (χ2v) is 4.51. The number of nitrogens with zero attached hydrogens (tertiary/aromatic N) is 1. The van der Waals surface area contributed by atoms with Crippen molar-refractivity contribution in [3.8, 4) is 6.07 Å². The van der Waals surface area contributed by atoms with E-state index in [-0.39, 0.29) is 10.7 Å². The Balaban J connectivity index is 2.49. The number of rotatable bonds is 4. The molecule has 0 aliphatic heterocycles. The Kier molecular flexibility index (Phi) is 5.00. The van der Waals surface area contributed by atoms with Crippen LogP contribution in [0, 0.1) is 11.3 Å². The zero-order valence-corrected chi connectivity index (χ0v) is 10.6. The SMILES string of the molecule is CCC(Br)C(=O)NCc1ccc(C#N)cc1. The molecular formula is C12H13BrN2O. The van der Waals surface area contributed by atoms with Crippen LogP contribution in [-0.4, -0.2) is 10.7 Å². The topological polar surface area (TPSA) is 52.9 Å². The molecule has 84 valence electrons. The van der Waals surface area contributed by atoms with Crippen molar-refractivity contribution >= 4 is 21.8 Å². The summed E-state index contributed by atoms with van der Waals surface area (Å²) in [4.78, 5) is 11.3. The molecule has 1 aromatic rings. The lowest BCUT2D eigenvalue weighted by Gasteiger charge is -2.08. The Morgan fingerprint density at radius 2 is 2.12 bits per heavy atom. The maximum absolute atomic E-state index is 11.5. The predicted octanol–water partition coefficient (Wildman–Crippen LogP) is 2.35. The zero-order valence-electron chi connectivity index (χ0n) is 9.03. The van der Waals surface area contributed by atoms with Gasteiger partial charge in [-0.2, -0.15) is 5.26 Å². The number of carbonyl (C=O) groups excluding carboxylic acids is 1. The van der Waals surface area contributed by atoms with Crippen molar-refractivity contribution in [1.29, 1.82) is 5.26 Å². The van der Waals surface area contributed by atoms with Gasteiger partial charge in [-0.1, -0.05) is 35.0 Å². The molecule has 0 radical (unpaired) electrons. The Morgan fingerprint density at radius 3 is 2.62 bits per heavy atom. The summed E-state index contributed by atoms with van der Waals surface area (Å²) < 4.78 is 0. The highest BCUT2D eigenvalue weighted by atomic mass is 79.9. The van der Waals surface area contributed by atoms with Gasteiger partial charge in [-0.05, 0) is 24.1 Å². The van der Waals surface area contributed by atoms with Crippen LogP contribution in [0.25, 0.3) is 0 Å². The third-order valence-corrected chi connectivity index (χ3v) is 3.26. The number of nitriles is 1. The molecule has 1 amide bonds. The van der Waals surface area contributed by atoms with Crippen molar-refractivity contribution in [2.45, 2.75) is 24.7 Å². The number of hydrogen-bond donors (Lipinski definition) is 1. The molecule has 1 N–H and O–H groups in total. The van der Waals surface area contributed by atoms with E-state index in [0.29, 0.717) is 12.1 Å². The van der Waals surface area contributed by atoms with Gasteiger partial charge >= 0.3 is 0 Å². The quantitative estimate of drug-likeness (QED) is 0.861. The fourth-order valence-corrected chi connectivity index (χ4v) is 1.34. The van der Waals surface area contributed by atoms with E-state index in [1.54, 1.807) is 12.1 Å². The van der Waals surface area contributed by atoms with Gasteiger partial charge in [0.05, 0.1) is 16.5 Å². The average Bonchev–Trinajstić information content (AvgIpc) is 2.35. The van der Waals surface area contributed by atoms with Gasteiger partial charge in [-0.25, -0.2) is 0 Å². The van der Waals surface area contributed by atoms with Crippen LogP contribution in [0.15, 0.2) is 24.3 Å². The molecule has 1 unspecified atom stereocenters. The van der Waals surface area contributed by atoms with Crippen molar-refractivity contribution in [2.75, 3.05) is 0 Å². The molecule has 0 aliphatic carbocycles. The third kappa shape index (κ3) is 3.67. The molecule has 0 aliphatic rings. The van der Waals surface area contributed by atoms with Gasteiger partial charge in [0.25, 0.3) is 0 Å². The molecule has 0 saturated carbocycles. The molecule has 1 aromatic carbocycles. The summed E-state index contributed by atoms with van der Waals surface area (Å²) >= 11 is 3.28. The number of nitrogens with one attached hydrogen (secondary N) is 1. The van der Waals surface area contributed by atoms with E-state index in [2.05, 4.69) is 27.3 Å². The smallest absolute Gasteiger partial charge is 0.234 e. The maximum atomic E-state index is 11.5. The molecule has 0 aromatic heterocycles. The van der Waals surface area contributed by atoms with Gasteiger partial charge in [0.1, 0.15) is 0 Å². The highest BCUT2D eigenvalue weighted by molar-refractivity contribution is 9.10. The number of halogens is 1. The van der Waals surface area contributed by atoms with Gasteiger partial charge < -0.3 is 5.32 Å². The number of amides is 1. The van der Waals surface area contributed by atoms with Crippen LogP contribution in [0.5, 0.6) is 0 Å². The number of benzene rings is 1. The van der Waals surface area contributed by atoms with E-state index in [1.807, 2.05) is 19.1 Å². The molecule has 1 atom stereocenters. The normalized spacial score (nSPS) is 11.6. The van der Waals surface area contributed by atoms with E-state index >= 15 is 0 Å². The van der Waals surface area contributed by atoms with E-state index in [9.17, 15) is 4.79 Å². The van der Waals surface area contributed by atoms with Gasteiger partial charge in [-0.15, -0.1) is 0 Å². The first-order valence-electron chi connectivity index (χ1n) is 5.08. The van der Waals surface area contributed by atoms with E-state index in [1.165, 1.54) is 0 Å². The van der Waals surface area contributed by atoms with Crippen LogP contribution in [-0.2, 0) is 11.3 Å². The van der Waals surface area contributed by atoms with Crippen LogP contribution < -0.4 is 5.32 Å². The highest BCUT2D eigenvalue weighted by Gasteiger charge is 2.10. The fraction of sp³-hybridized carbons (Fsp3) is 0.333. The summed E-state index contributed by atoms with van der Waals surface area (Å²) in [6.07, 6.45) is 0.763. The molecule has 0 fully saturated rings. The molecule has 16 heavy (non-hydrogen) atoms. The Bertz CT molecular complexity index is 394. The molecule has 1 rings (SSSR count). The van der Waals surface area contributed by atoms with Crippen molar-refractivity contribution in [2.24, 2.45) is 0 Å². The minimum atomic E-state index is -0.133. The summed E-state index contributed by atoms with van der Waals surface area (Å²) in [7, 11) is 0. The fourth-order valence-electron chi connectivity index (χ4n) is 1.18. The summed E-state index contributed by atoms with van der Waals surface area (Å²) in [5, 5.41) is 11.4. The van der Waals surface area contributed by atoms with Crippen LogP contribution in [0.4, 0.5) is 0 Å². The standard InChI is InChI=1S/C12H13BrN2O/c1-2-11(13)12(16)15-8-10-5-3-9(7-14)4-6-10/h3-6,11H,2,8H2,1H3,(H,15,16). The molecule has 4 heteroatoms. The van der Waals surface area contributed by atoms with Gasteiger partial charge in [0, 0.05) is 6.54 Å². The second kappa shape index (κ2) is 6.29. The summed E-state index contributed by atoms with van der Waals surface area (Å²) in [5.74, 6) is -0.00754. The maximum Gasteiger partial charge on any atom is 0.234 e. The average molecular weight is 281 g/mol. The lowest BCUT2D eigenvalue weighted by molar-refractivity contribution is -0.120. The first-order valence-corrected chi connectivity index (χ1v) is 5.99. The monoisotopic (exact) mass is 280 g/mol. The Morgan fingerprint density at radius 1 is 1.50 bits per heavy atom. The Hall–Kier alpha value is -1.34. The molecule has 0 bridgehead atoms. The Labute approximate surface area is 104 Å². The lowest BCUT2D eigenvalue weighted by atomic mass is 10.1. The molecular weight excluding hydrogens is 268 g/mol. The van der Waals surface area contributed by atoms with Crippen LogP contribution in [0.2, 0.25) is 0 Å². The summed E-state index contributed by atoms with van der Waals surface area (Å²) in [5.41, 5.74) is 1.62. The highest BCUT2D eigenvalue weighted by Crippen LogP contribution is 2.06. The van der Waals surface area contributed by atoms with Crippen LogP contribution in [0.1, 0.15) is 24.5 Å². The van der Waals surface area contributed by atoms with Crippen molar-refractivity contribution in [3.05, 3.63) is 35.4 Å². The van der Waals surface area contributed by atoms with Gasteiger partial charge in [0.2, 0.25) is 5.91 Å². The number of carbonyl (C=O) groups is 1. The zero-order chi connectivity index (χ0) is 12.0. The predicted molar refractivity (Wildman–Crippen MR) is 66.0 cm³/mol. The lowest BCUT2D eigenvalue weighted by Crippen LogP contribution is -2.30. The van der Waals surface area contributed by atoms with Gasteiger partial charge in [-0.3, -0.25) is 4.79 Å².